The van der Waals surface area contributed by atoms with Crippen molar-refractivity contribution in [2.75, 3.05) is 19.7 Å². The second-order valence-corrected chi connectivity index (χ2v) is 10.2. The van der Waals surface area contributed by atoms with Crippen LogP contribution in [0.15, 0.2) is 66.7 Å². The third-order valence-electron chi connectivity index (χ3n) is 7.36. The monoisotopic (exact) mass is 499 g/mol. The maximum Gasteiger partial charge on any atom is 0.150 e. The number of carbonyl (C=O) groups excluding carboxylic acids is 1. The topological polar surface area (TPSA) is 59.0 Å². The molecule has 1 saturated heterocycles. The number of likely N-dealkylation sites (tertiary alicyclic amines) is 1. The predicted molar refractivity (Wildman–Crippen MR) is 149 cm³/mol. The van der Waals surface area contributed by atoms with Crippen LogP contribution >= 0.6 is 0 Å². The molecule has 5 rings (SSSR count). The number of nitrogens with zero attached hydrogens (tertiary/aromatic N) is 1. The van der Waals surface area contributed by atoms with Gasteiger partial charge in [-0.25, -0.2) is 0 Å². The van der Waals surface area contributed by atoms with Gasteiger partial charge in [0.05, 0.1) is 0 Å². The van der Waals surface area contributed by atoms with Gasteiger partial charge in [-0.2, -0.15) is 0 Å². The number of aromatic hydroxyl groups is 1. The van der Waals surface area contributed by atoms with Crippen LogP contribution in [0.2, 0.25) is 0 Å². The minimum Gasteiger partial charge on any atom is -0.508 e. The van der Waals surface area contributed by atoms with E-state index in [4.69, 9.17) is 14.3 Å². The molecule has 0 radical (unpaired) electrons. The fourth-order valence-corrected chi connectivity index (χ4v) is 5.29. The van der Waals surface area contributed by atoms with E-state index in [1.54, 1.807) is 12.1 Å². The fraction of sp³-hybridized carbons (Fsp3) is 0.344. The molecule has 3 aromatic rings. The summed E-state index contributed by atoms with van der Waals surface area (Å²) in [5.41, 5.74) is 6.59. The van der Waals surface area contributed by atoms with Crippen molar-refractivity contribution in [2.24, 2.45) is 5.92 Å². The van der Waals surface area contributed by atoms with Crippen LogP contribution in [0.25, 0.3) is 11.1 Å². The number of aryl methyl sites for hydroxylation is 1. The predicted octanol–water partition coefficient (Wildman–Crippen LogP) is 6.69. The van der Waals surface area contributed by atoms with E-state index in [9.17, 15) is 5.11 Å². The number of hydrogen-bond donors (Lipinski definition) is 1. The molecule has 0 spiro atoms. The van der Waals surface area contributed by atoms with E-state index in [1.165, 1.54) is 12.0 Å². The normalized spacial score (nSPS) is 19.9. The fourth-order valence-electron chi connectivity index (χ4n) is 5.29. The summed E-state index contributed by atoms with van der Waals surface area (Å²) in [4.78, 5) is 10.5. The van der Waals surface area contributed by atoms with Gasteiger partial charge in [0, 0.05) is 23.7 Å². The third-order valence-corrected chi connectivity index (χ3v) is 7.36. The van der Waals surface area contributed by atoms with E-state index in [0.717, 1.165) is 58.3 Å². The second kappa shape index (κ2) is 11.7. The summed E-state index contributed by atoms with van der Waals surface area (Å²) in [5.74, 6) is 2.69. The van der Waals surface area contributed by atoms with Crippen LogP contribution in [0.4, 0.5) is 0 Å². The largest absolute Gasteiger partial charge is 0.508 e. The molecule has 0 amide bonds. The summed E-state index contributed by atoms with van der Waals surface area (Å²) in [6.45, 7) is 13.8. The number of carbonyl (C=O) groups is 1. The SMILES string of the molecule is C=O.CC1=C(c2cccc(C)c2)C(c2ccc(OCC(C)N3CCC(C)C3)cc2)Oc2ccc(O)cc21. The van der Waals surface area contributed by atoms with E-state index in [1.807, 2.05) is 25.0 Å². The highest BCUT2D eigenvalue weighted by atomic mass is 16.5. The Morgan fingerprint density at radius 2 is 1.84 bits per heavy atom. The molecule has 194 valence electrons. The smallest absolute Gasteiger partial charge is 0.150 e. The van der Waals surface area contributed by atoms with Crippen LogP contribution in [-0.4, -0.2) is 42.5 Å². The van der Waals surface area contributed by atoms with E-state index in [-0.39, 0.29) is 11.9 Å². The molecule has 2 aliphatic heterocycles. The summed E-state index contributed by atoms with van der Waals surface area (Å²) in [5, 5.41) is 10.1. The van der Waals surface area contributed by atoms with Crippen LogP contribution in [0.1, 0.15) is 55.5 Å². The number of ether oxygens (including phenoxy) is 2. The Morgan fingerprint density at radius 3 is 2.51 bits per heavy atom. The van der Waals surface area contributed by atoms with Crippen molar-refractivity contribution in [3.63, 3.8) is 0 Å². The highest BCUT2D eigenvalue weighted by Gasteiger charge is 2.30. The van der Waals surface area contributed by atoms with Gasteiger partial charge < -0.3 is 19.4 Å². The van der Waals surface area contributed by atoms with Crippen LogP contribution in [0.5, 0.6) is 17.2 Å². The Morgan fingerprint density at radius 1 is 1.08 bits per heavy atom. The first-order valence-corrected chi connectivity index (χ1v) is 12.9. The number of rotatable bonds is 6. The summed E-state index contributed by atoms with van der Waals surface area (Å²) in [6, 6.07) is 22.6. The maximum absolute atomic E-state index is 10.1. The molecule has 0 aromatic heterocycles. The molecule has 5 heteroatoms. The van der Waals surface area contributed by atoms with Crippen LogP contribution in [-0.2, 0) is 4.79 Å². The lowest BCUT2D eigenvalue weighted by molar-refractivity contribution is -0.0980. The van der Waals surface area contributed by atoms with Gasteiger partial charge in [-0.15, -0.1) is 0 Å². The Bertz CT molecular complexity index is 1250. The molecule has 0 bridgehead atoms. The van der Waals surface area contributed by atoms with E-state index in [0.29, 0.717) is 12.6 Å². The van der Waals surface area contributed by atoms with Crippen molar-refractivity contribution in [3.8, 4) is 17.2 Å². The first-order chi connectivity index (χ1) is 17.9. The third kappa shape index (κ3) is 5.89. The molecular formula is C32H37NO4. The van der Waals surface area contributed by atoms with Crippen molar-refractivity contribution in [1.29, 1.82) is 0 Å². The average Bonchev–Trinajstić information content (AvgIpc) is 3.35. The number of hydrogen-bond acceptors (Lipinski definition) is 5. The molecule has 3 aromatic carbocycles. The zero-order valence-corrected chi connectivity index (χ0v) is 22.2. The minimum atomic E-state index is -0.243. The van der Waals surface area contributed by atoms with Crippen molar-refractivity contribution in [1.82, 2.24) is 4.90 Å². The summed E-state index contributed by atoms with van der Waals surface area (Å²) in [7, 11) is 0. The molecule has 2 heterocycles. The van der Waals surface area contributed by atoms with Gasteiger partial charge in [-0.3, -0.25) is 4.90 Å². The standard InChI is InChI=1S/C31H35NO3.CH2O/c1-20-6-5-7-25(16-20)30-23(4)28-17-26(33)10-13-29(28)35-31(30)24-8-11-27(12-9-24)34-19-22(3)32-15-14-21(2)18-32;1-2/h5-13,16-17,21-22,31,33H,14-15,18-19H2,1-4H3;1H2. The molecule has 0 aliphatic carbocycles. The molecule has 3 unspecified atom stereocenters. The van der Waals surface area contributed by atoms with Gasteiger partial charge in [0.25, 0.3) is 0 Å². The number of benzene rings is 3. The van der Waals surface area contributed by atoms with Gasteiger partial charge in [0.1, 0.15) is 36.7 Å². The second-order valence-electron chi connectivity index (χ2n) is 10.2. The summed E-state index contributed by atoms with van der Waals surface area (Å²) >= 11 is 0. The van der Waals surface area contributed by atoms with Crippen LogP contribution in [0, 0.1) is 12.8 Å². The lowest BCUT2D eigenvalue weighted by Gasteiger charge is -2.31. The van der Waals surface area contributed by atoms with Crippen molar-refractivity contribution < 1.29 is 19.4 Å². The summed E-state index contributed by atoms with van der Waals surface area (Å²) in [6.07, 6.45) is 1.03. The highest BCUT2D eigenvalue weighted by molar-refractivity contribution is 5.95. The molecule has 1 fully saturated rings. The number of phenols is 1. The zero-order valence-electron chi connectivity index (χ0n) is 22.2. The molecule has 37 heavy (non-hydrogen) atoms. The first-order valence-electron chi connectivity index (χ1n) is 12.9. The van der Waals surface area contributed by atoms with Gasteiger partial charge in [0.2, 0.25) is 0 Å². The average molecular weight is 500 g/mol. The molecule has 1 N–H and O–H groups in total. The number of fused-ring (bicyclic) bond motifs is 1. The van der Waals surface area contributed by atoms with Gasteiger partial charge in [-0.1, -0.05) is 48.9 Å². The van der Waals surface area contributed by atoms with Crippen LogP contribution < -0.4 is 9.47 Å². The lowest BCUT2D eigenvalue weighted by Crippen LogP contribution is -2.35. The molecule has 3 atom stereocenters. The Labute approximate surface area is 220 Å². The van der Waals surface area contributed by atoms with E-state index >= 15 is 0 Å². The van der Waals surface area contributed by atoms with Gasteiger partial charge in [0.15, 0.2) is 0 Å². The Hall–Kier alpha value is -3.57. The zero-order chi connectivity index (χ0) is 26.5. The molecule has 5 nitrogen and oxygen atoms in total. The van der Waals surface area contributed by atoms with Crippen molar-refractivity contribution in [2.45, 2.75) is 46.3 Å². The Balaban J connectivity index is 0.00000156. The minimum absolute atomic E-state index is 0.243. The molecule has 0 saturated carbocycles. The lowest BCUT2D eigenvalue weighted by atomic mass is 9.85. The summed E-state index contributed by atoms with van der Waals surface area (Å²) < 4.78 is 12.7. The number of phenolic OH excluding ortho intramolecular Hbond substituents is 1. The molecular weight excluding hydrogens is 462 g/mol. The van der Waals surface area contributed by atoms with E-state index < -0.39 is 0 Å². The van der Waals surface area contributed by atoms with Crippen LogP contribution in [0.3, 0.4) is 0 Å². The quantitative estimate of drug-likeness (QED) is 0.409. The Kier molecular flexibility index (Phi) is 8.34. The first kappa shape index (κ1) is 26.5. The van der Waals surface area contributed by atoms with Gasteiger partial charge in [-0.05, 0) is 86.7 Å². The number of allylic oxidation sites excluding steroid dienone is 1. The highest BCUT2D eigenvalue weighted by Crippen LogP contribution is 2.47. The van der Waals surface area contributed by atoms with Gasteiger partial charge >= 0.3 is 0 Å². The van der Waals surface area contributed by atoms with Crippen molar-refractivity contribution in [3.05, 3.63) is 89.0 Å². The van der Waals surface area contributed by atoms with E-state index in [2.05, 4.69) is 69.0 Å². The molecule has 2 aliphatic rings. The maximum atomic E-state index is 10.1. The van der Waals surface area contributed by atoms with Crippen molar-refractivity contribution >= 4 is 17.9 Å².